The fourth-order valence-electron chi connectivity index (χ4n) is 0.699. The number of hydrogen-bond donors (Lipinski definition) is 1. The van der Waals surface area contributed by atoms with Crippen LogP contribution in [-0.2, 0) is 0 Å². The quantitative estimate of drug-likeness (QED) is 0.345. The topological polar surface area (TPSA) is 32.6 Å². The Bertz CT molecular complexity index is 327. The van der Waals surface area contributed by atoms with Crippen LogP contribution >= 0.6 is 15.9 Å². The maximum Gasteiger partial charge on any atom is 0.138 e. The summed E-state index contributed by atoms with van der Waals surface area (Å²) in [6.45, 7) is 0. The highest BCUT2D eigenvalue weighted by atomic mass is 79.9. The van der Waals surface area contributed by atoms with Gasteiger partial charge in [0.1, 0.15) is 11.6 Å². The number of oxime groups is 1. The van der Waals surface area contributed by atoms with Crippen molar-refractivity contribution in [3.05, 3.63) is 33.8 Å². The Balaban J connectivity index is 3.23. The van der Waals surface area contributed by atoms with Crippen molar-refractivity contribution in [1.82, 2.24) is 0 Å². The number of hydrogen-bond acceptors (Lipinski definition) is 2. The van der Waals surface area contributed by atoms with E-state index in [4.69, 9.17) is 5.21 Å². The molecule has 0 radical (unpaired) electrons. The average Bonchev–Trinajstić information content (AvgIpc) is 2.01. The van der Waals surface area contributed by atoms with Gasteiger partial charge in [0.05, 0.1) is 10.7 Å². The Morgan fingerprint density at radius 2 is 2.00 bits per heavy atom. The van der Waals surface area contributed by atoms with E-state index < -0.39 is 11.6 Å². The molecule has 0 bridgehead atoms. The summed E-state index contributed by atoms with van der Waals surface area (Å²) in [6.07, 6.45) is 0.824. The van der Waals surface area contributed by atoms with E-state index in [1.54, 1.807) is 0 Å². The third kappa shape index (κ3) is 1.79. The minimum atomic E-state index is -0.652. The molecule has 0 heterocycles. The van der Waals surface area contributed by atoms with Gasteiger partial charge >= 0.3 is 0 Å². The maximum atomic E-state index is 12.8. The summed E-state index contributed by atoms with van der Waals surface area (Å²) in [5, 5.41) is 10.7. The monoisotopic (exact) mass is 235 g/mol. The third-order valence-electron chi connectivity index (χ3n) is 1.24. The number of rotatable bonds is 1. The summed E-state index contributed by atoms with van der Waals surface area (Å²) in [5.41, 5.74) is -0.0989. The minimum absolute atomic E-state index is 0.0371. The molecule has 1 aromatic rings. The Morgan fingerprint density at radius 1 is 1.33 bits per heavy atom. The molecule has 1 aromatic carbocycles. The van der Waals surface area contributed by atoms with Gasteiger partial charge < -0.3 is 5.21 Å². The van der Waals surface area contributed by atoms with Gasteiger partial charge in [-0.2, -0.15) is 0 Å². The van der Waals surface area contributed by atoms with Gasteiger partial charge in [0.15, 0.2) is 0 Å². The first-order valence-electron chi connectivity index (χ1n) is 2.97. The number of benzene rings is 1. The maximum absolute atomic E-state index is 12.8. The minimum Gasteiger partial charge on any atom is -0.411 e. The lowest BCUT2D eigenvalue weighted by Crippen LogP contribution is -1.91. The van der Waals surface area contributed by atoms with Crippen LogP contribution in [0.15, 0.2) is 21.8 Å². The molecule has 0 saturated carbocycles. The van der Waals surface area contributed by atoms with Crippen LogP contribution in [0.3, 0.4) is 0 Å². The molecule has 0 unspecified atom stereocenters. The van der Waals surface area contributed by atoms with Gasteiger partial charge in [-0.15, -0.1) is 0 Å². The van der Waals surface area contributed by atoms with Crippen molar-refractivity contribution in [2.24, 2.45) is 5.16 Å². The lowest BCUT2D eigenvalue weighted by atomic mass is 10.2. The van der Waals surface area contributed by atoms with Crippen LogP contribution in [0.2, 0.25) is 0 Å². The van der Waals surface area contributed by atoms with Crippen molar-refractivity contribution in [3.8, 4) is 0 Å². The molecular weight excluding hydrogens is 232 g/mol. The molecule has 0 saturated heterocycles. The van der Waals surface area contributed by atoms with E-state index in [1.165, 1.54) is 0 Å². The van der Waals surface area contributed by atoms with Gasteiger partial charge in [0.2, 0.25) is 0 Å². The SMILES string of the molecule is ON=Cc1cc(F)c(Br)cc1F. The Kier molecular flexibility index (Phi) is 2.75. The molecule has 64 valence electrons. The first-order chi connectivity index (χ1) is 5.65. The van der Waals surface area contributed by atoms with Crippen LogP contribution < -0.4 is 0 Å². The molecule has 1 N–H and O–H groups in total. The van der Waals surface area contributed by atoms with Crippen LogP contribution in [0.5, 0.6) is 0 Å². The second-order valence-electron chi connectivity index (χ2n) is 2.03. The molecule has 0 atom stereocenters. The van der Waals surface area contributed by atoms with Crippen LogP contribution in [0, 0.1) is 11.6 Å². The highest BCUT2D eigenvalue weighted by Crippen LogP contribution is 2.18. The zero-order chi connectivity index (χ0) is 9.14. The van der Waals surface area contributed by atoms with Crippen molar-refractivity contribution in [1.29, 1.82) is 0 Å². The van der Waals surface area contributed by atoms with E-state index in [2.05, 4.69) is 21.1 Å². The van der Waals surface area contributed by atoms with Gasteiger partial charge in [0.25, 0.3) is 0 Å². The lowest BCUT2D eigenvalue weighted by Gasteiger charge is -1.97. The van der Waals surface area contributed by atoms with Crippen LogP contribution in [0.25, 0.3) is 0 Å². The zero-order valence-electron chi connectivity index (χ0n) is 5.76. The number of halogens is 3. The summed E-state index contributed by atoms with van der Waals surface area (Å²) in [5.74, 6) is -1.26. The second kappa shape index (κ2) is 3.62. The molecule has 2 nitrogen and oxygen atoms in total. The molecule has 0 aliphatic heterocycles. The second-order valence-corrected chi connectivity index (χ2v) is 2.89. The Morgan fingerprint density at radius 3 is 2.58 bits per heavy atom. The molecule has 1 rings (SSSR count). The molecule has 0 aliphatic carbocycles. The molecular formula is C7H4BrF2NO. The summed E-state index contributed by atoms with van der Waals surface area (Å²) in [7, 11) is 0. The number of nitrogens with zero attached hydrogens (tertiary/aromatic N) is 1. The molecule has 0 aliphatic rings. The summed E-state index contributed by atoms with van der Waals surface area (Å²) >= 11 is 2.81. The van der Waals surface area contributed by atoms with Crippen molar-refractivity contribution >= 4 is 22.1 Å². The van der Waals surface area contributed by atoms with Crippen LogP contribution in [-0.4, -0.2) is 11.4 Å². The first kappa shape index (κ1) is 9.12. The van der Waals surface area contributed by atoms with Crippen LogP contribution in [0.1, 0.15) is 5.56 Å². The van der Waals surface area contributed by atoms with E-state index in [9.17, 15) is 8.78 Å². The Hall–Kier alpha value is -0.970. The van der Waals surface area contributed by atoms with E-state index >= 15 is 0 Å². The van der Waals surface area contributed by atoms with Crippen molar-refractivity contribution in [3.63, 3.8) is 0 Å². The van der Waals surface area contributed by atoms with E-state index in [-0.39, 0.29) is 10.0 Å². The fourth-order valence-corrected chi connectivity index (χ4v) is 1.01. The zero-order valence-corrected chi connectivity index (χ0v) is 7.35. The fraction of sp³-hybridized carbons (Fsp3) is 0. The van der Waals surface area contributed by atoms with Gasteiger partial charge in [0, 0.05) is 5.56 Å². The largest absolute Gasteiger partial charge is 0.411 e. The smallest absolute Gasteiger partial charge is 0.138 e. The van der Waals surface area contributed by atoms with Gasteiger partial charge in [-0.1, -0.05) is 5.16 Å². The molecule has 5 heteroatoms. The molecule has 0 spiro atoms. The van der Waals surface area contributed by atoms with Crippen molar-refractivity contribution < 1.29 is 14.0 Å². The standard InChI is InChI=1S/C7H4BrF2NO/c8-5-2-6(9)4(3-11-12)1-7(5)10/h1-3,12H. The van der Waals surface area contributed by atoms with E-state index in [0.717, 1.165) is 18.3 Å². The normalized spacial score (nSPS) is 10.9. The third-order valence-corrected chi connectivity index (χ3v) is 1.84. The van der Waals surface area contributed by atoms with Crippen LogP contribution in [0.4, 0.5) is 8.78 Å². The van der Waals surface area contributed by atoms with E-state index in [0.29, 0.717) is 0 Å². The molecule has 0 amide bonds. The molecule has 0 fully saturated rings. The summed E-state index contributed by atoms with van der Waals surface area (Å²) in [6, 6.07) is 1.89. The van der Waals surface area contributed by atoms with E-state index in [1.807, 2.05) is 0 Å². The van der Waals surface area contributed by atoms with Crippen molar-refractivity contribution in [2.45, 2.75) is 0 Å². The lowest BCUT2D eigenvalue weighted by molar-refractivity contribution is 0.321. The highest BCUT2D eigenvalue weighted by Gasteiger charge is 2.05. The van der Waals surface area contributed by atoms with Gasteiger partial charge in [-0.05, 0) is 28.1 Å². The predicted octanol–water partition coefficient (Wildman–Crippen LogP) is 2.54. The summed E-state index contributed by atoms with van der Waals surface area (Å²) < 4.78 is 25.6. The first-order valence-corrected chi connectivity index (χ1v) is 3.76. The Labute approximate surface area is 75.6 Å². The average molecular weight is 236 g/mol. The molecule has 0 aromatic heterocycles. The predicted molar refractivity (Wildman–Crippen MR) is 43.4 cm³/mol. The van der Waals surface area contributed by atoms with Gasteiger partial charge in [-0.3, -0.25) is 0 Å². The molecule has 12 heavy (non-hydrogen) atoms. The van der Waals surface area contributed by atoms with Crippen molar-refractivity contribution in [2.75, 3.05) is 0 Å². The highest BCUT2D eigenvalue weighted by molar-refractivity contribution is 9.10. The summed E-state index contributed by atoms with van der Waals surface area (Å²) in [4.78, 5) is 0. The van der Waals surface area contributed by atoms with Gasteiger partial charge in [-0.25, -0.2) is 8.78 Å².